The highest BCUT2D eigenvalue weighted by Crippen LogP contribution is 2.33. The minimum absolute atomic E-state index is 0.125. The average Bonchev–Trinajstić information content (AvgIpc) is 2.64. The topological polar surface area (TPSA) is 108 Å². The molecule has 7 heteroatoms. The molecule has 1 saturated heterocycles. The molecule has 0 aromatic heterocycles. The van der Waals surface area contributed by atoms with E-state index in [1.807, 2.05) is 13.0 Å². The van der Waals surface area contributed by atoms with Gasteiger partial charge in [-0.2, -0.15) is 0 Å². The van der Waals surface area contributed by atoms with Gasteiger partial charge in [-0.25, -0.2) is 4.39 Å². The lowest BCUT2D eigenvalue weighted by atomic mass is 9.80. The van der Waals surface area contributed by atoms with Gasteiger partial charge in [-0.05, 0) is 43.7 Å². The fourth-order valence-corrected chi connectivity index (χ4v) is 3.37. The van der Waals surface area contributed by atoms with Gasteiger partial charge in [-0.3, -0.25) is 15.0 Å². The molecule has 28 heavy (non-hydrogen) atoms. The van der Waals surface area contributed by atoms with Crippen LogP contribution < -0.4 is 16.4 Å². The van der Waals surface area contributed by atoms with E-state index < -0.39 is 29.6 Å². The zero-order chi connectivity index (χ0) is 20.4. The predicted molar refractivity (Wildman–Crippen MR) is 104 cm³/mol. The molecule has 0 bridgehead atoms. The minimum atomic E-state index is -0.999. The van der Waals surface area contributed by atoms with Crippen LogP contribution in [0.4, 0.5) is 4.39 Å². The van der Waals surface area contributed by atoms with Crippen molar-refractivity contribution in [2.24, 2.45) is 5.73 Å². The maximum Gasteiger partial charge on any atom is 0.251 e. The summed E-state index contributed by atoms with van der Waals surface area (Å²) in [5.41, 5.74) is 8.63. The number of hydrogen-bond acceptors (Lipinski definition) is 4. The molecule has 0 aliphatic carbocycles. The van der Waals surface area contributed by atoms with Crippen molar-refractivity contribution in [1.82, 2.24) is 10.6 Å². The number of carbonyl (C=O) groups is 2. The van der Waals surface area contributed by atoms with Crippen molar-refractivity contribution >= 4 is 17.6 Å². The Balaban J connectivity index is 2.03. The molecule has 0 saturated carbocycles. The molecule has 1 fully saturated rings. The van der Waals surface area contributed by atoms with Crippen molar-refractivity contribution in [2.75, 3.05) is 0 Å². The van der Waals surface area contributed by atoms with Crippen LogP contribution in [-0.4, -0.2) is 23.7 Å². The number of allylic oxidation sites excluding steroid dienone is 1. The van der Waals surface area contributed by atoms with Crippen molar-refractivity contribution in [3.8, 4) is 0 Å². The lowest BCUT2D eigenvalue weighted by Crippen LogP contribution is -2.57. The Morgan fingerprint density at radius 2 is 1.89 bits per heavy atom. The number of carbonyl (C=O) groups excluding carboxylic acids is 2. The summed E-state index contributed by atoms with van der Waals surface area (Å²) in [5.74, 6) is -2.20. The summed E-state index contributed by atoms with van der Waals surface area (Å²) in [4.78, 5) is 25.4. The second-order valence-electron chi connectivity index (χ2n) is 6.81. The molecule has 1 heterocycles. The molecular formula is C21H21FN4O2. The second-order valence-corrected chi connectivity index (χ2v) is 6.81. The number of rotatable bonds is 3. The summed E-state index contributed by atoms with van der Waals surface area (Å²) >= 11 is 0. The lowest BCUT2D eigenvalue weighted by molar-refractivity contribution is -0.122. The highest BCUT2D eigenvalue weighted by atomic mass is 19.1. The molecular weight excluding hydrogens is 359 g/mol. The van der Waals surface area contributed by atoms with Crippen molar-refractivity contribution in [2.45, 2.75) is 25.8 Å². The fourth-order valence-electron chi connectivity index (χ4n) is 3.37. The van der Waals surface area contributed by atoms with E-state index in [0.29, 0.717) is 22.4 Å². The van der Waals surface area contributed by atoms with Gasteiger partial charge in [0.1, 0.15) is 17.7 Å². The Kier molecular flexibility index (Phi) is 5.26. The number of amides is 2. The van der Waals surface area contributed by atoms with Crippen molar-refractivity contribution in [3.05, 3.63) is 82.3 Å². The number of nitrogens with one attached hydrogen (secondary N) is 3. The fraction of sp³-hybridized carbons (Fsp3) is 0.190. The number of piperidine rings is 1. The second kappa shape index (κ2) is 7.64. The molecule has 1 aliphatic rings. The third-order valence-electron chi connectivity index (χ3n) is 4.67. The number of nitrogens with two attached hydrogens (primary N) is 1. The van der Waals surface area contributed by atoms with E-state index in [0.717, 1.165) is 5.56 Å². The molecule has 1 unspecified atom stereocenters. The number of halogens is 1. The van der Waals surface area contributed by atoms with Gasteiger partial charge in [-0.15, -0.1) is 0 Å². The smallest absolute Gasteiger partial charge is 0.251 e. The van der Waals surface area contributed by atoms with E-state index in [9.17, 15) is 14.0 Å². The zero-order valence-corrected chi connectivity index (χ0v) is 15.5. The summed E-state index contributed by atoms with van der Waals surface area (Å²) < 4.78 is 13.4. The third kappa shape index (κ3) is 3.78. The molecule has 2 atom stereocenters. The van der Waals surface area contributed by atoms with Gasteiger partial charge in [0.15, 0.2) is 0 Å². The molecule has 6 nitrogen and oxygen atoms in total. The van der Waals surface area contributed by atoms with Crippen LogP contribution in [0.15, 0.2) is 59.8 Å². The third-order valence-corrected chi connectivity index (χ3v) is 4.67. The van der Waals surface area contributed by atoms with Gasteiger partial charge < -0.3 is 16.4 Å². The Morgan fingerprint density at radius 1 is 1.21 bits per heavy atom. The van der Waals surface area contributed by atoms with Gasteiger partial charge in [-0.1, -0.05) is 29.8 Å². The molecule has 0 spiro atoms. The Bertz CT molecular complexity index is 978. The Labute approximate surface area is 162 Å². The summed E-state index contributed by atoms with van der Waals surface area (Å²) in [7, 11) is 0. The molecule has 144 valence electrons. The van der Waals surface area contributed by atoms with Crippen LogP contribution in [0, 0.1) is 18.2 Å². The van der Waals surface area contributed by atoms with Crippen molar-refractivity contribution in [3.63, 3.8) is 0 Å². The van der Waals surface area contributed by atoms with E-state index >= 15 is 0 Å². The van der Waals surface area contributed by atoms with Crippen LogP contribution in [-0.2, 0) is 4.79 Å². The monoisotopic (exact) mass is 380 g/mol. The molecule has 2 amide bonds. The zero-order valence-electron chi connectivity index (χ0n) is 15.5. The maximum atomic E-state index is 13.4. The predicted octanol–water partition coefficient (Wildman–Crippen LogP) is 2.36. The molecule has 2 aromatic carbocycles. The maximum absolute atomic E-state index is 13.4. The normalized spacial score (nSPS) is 21.1. The van der Waals surface area contributed by atoms with Crippen LogP contribution in [0.2, 0.25) is 0 Å². The van der Waals surface area contributed by atoms with Crippen molar-refractivity contribution in [1.29, 1.82) is 5.41 Å². The summed E-state index contributed by atoms with van der Waals surface area (Å²) in [5, 5.41) is 13.3. The molecule has 1 aliphatic heterocycles. The van der Waals surface area contributed by atoms with Gasteiger partial charge in [0, 0.05) is 22.8 Å². The number of amidine groups is 1. The lowest BCUT2D eigenvalue weighted by Gasteiger charge is -2.35. The van der Waals surface area contributed by atoms with E-state index in [1.165, 1.54) is 24.3 Å². The van der Waals surface area contributed by atoms with Crippen LogP contribution in [0.3, 0.4) is 0 Å². The highest BCUT2D eigenvalue weighted by Gasteiger charge is 2.41. The number of benzene rings is 2. The van der Waals surface area contributed by atoms with E-state index in [-0.39, 0.29) is 5.84 Å². The largest absolute Gasteiger partial charge is 0.402 e. The SMILES string of the molecule is CC(N)=C1C(=N)NC(=O)[C@@H](NC(=O)c2cccc(C)c2)C1c1ccc(F)cc1. The molecule has 3 rings (SSSR count). The van der Waals surface area contributed by atoms with Crippen LogP contribution in [0.1, 0.15) is 34.3 Å². The van der Waals surface area contributed by atoms with Crippen LogP contribution in [0.25, 0.3) is 0 Å². The van der Waals surface area contributed by atoms with Gasteiger partial charge in [0.2, 0.25) is 5.91 Å². The molecule has 0 radical (unpaired) electrons. The standard InChI is InChI=1S/C21H21FN4O2/c1-11-4-3-5-14(10-11)20(27)25-18-17(13-6-8-15(22)9-7-13)16(12(2)23)19(24)26-21(18)28/h3-10,17-18H,23H2,1-2H3,(H,25,27)(H2,24,26,28)/t17?,18-/m0/s1. The summed E-state index contributed by atoms with van der Waals surface area (Å²) in [6.07, 6.45) is 0. The first-order valence-electron chi connectivity index (χ1n) is 8.77. The first-order chi connectivity index (χ1) is 13.3. The summed E-state index contributed by atoms with van der Waals surface area (Å²) in [6.45, 7) is 3.49. The summed E-state index contributed by atoms with van der Waals surface area (Å²) in [6, 6.07) is 11.6. The number of hydrogen-bond donors (Lipinski definition) is 4. The highest BCUT2D eigenvalue weighted by molar-refractivity contribution is 6.13. The van der Waals surface area contributed by atoms with Gasteiger partial charge >= 0.3 is 0 Å². The molecule has 2 aromatic rings. The van der Waals surface area contributed by atoms with E-state index in [1.54, 1.807) is 25.1 Å². The Morgan fingerprint density at radius 3 is 2.50 bits per heavy atom. The van der Waals surface area contributed by atoms with E-state index in [2.05, 4.69) is 10.6 Å². The molecule has 5 N–H and O–H groups in total. The van der Waals surface area contributed by atoms with Crippen LogP contribution in [0.5, 0.6) is 0 Å². The quantitative estimate of drug-likeness (QED) is 0.656. The van der Waals surface area contributed by atoms with Gasteiger partial charge in [0.25, 0.3) is 5.91 Å². The number of aryl methyl sites for hydroxylation is 1. The average molecular weight is 380 g/mol. The Hall–Kier alpha value is -3.48. The van der Waals surface area contributed by atoms with Crippen molar-refractivity contribution < 1.29 is 14.0 Å². The minimum Gasteiger partial charge on any atom is -0.402 e. The first-order valence-corrected chi connectivity index (χ1v) is 8.77. The first kappa shape index (κ1) is 19.3. The van der Waals surface area contributed by atoms with Crippen LogP contribution >= 0.6 is 0 Å². The van der Waals surface area contributed by atoms with E-state index in [4.69, 9.17) is 11.1 Å². The van der Waals surface area contributed by atoms with Gasteiger partial charge in [0.05, 0.1) is 0 Å².